The molecule has 2 aromatic heterocycles. The second-order valence-electron chi connectivity index (χ2n) is 1.69. The lowest BCUT2D eigenvalue weighted by atomic mass is 10.6. The summed E-state index contributed by atoms with van der Waals surface area (Å²) in [6.45, 7) is 0. The largest absolute Gasteiger partial charge is 0.342 e. The molecule has 0 saturated heterocycles. The van der Waals surface area contributed by atoms with Crippen molar-refractivity contribution in [1.29, 1.82) is 0 Å². The zero-order chi connectivity index (χ0) is 6.81. The highest BCUT2D eigenvalue weighted by Gasteiger charge is 2.00. The molecule has 4 nitrogen and oxygen atoms in total. The fourth-order valence-corrected chi connectivity index (χ4v) is 1.09. The minimum absolute atomic E-state index is 0.662. The Labute approximate surface area is 61.1 Å². The zero-order valence-electron chi connectivity index (χ0n) is 4.98. The van der Waals surface area contributed by atoms with Gasteiger partial charge in [0.2, 0.25) is 5.82 Å². The van der Waals surface area contributed by atoms with E-state index in [1.807, 2.05) is 0 Å². The van der Waals surface area contributed by atoms with E-state index in [0.717, 1.165) is 5.82 Å². The number of nitrogens with zero attached hydrogens (tertiary/aromatic N) is 3. The molecule has 0 aliphatic rings. The summed E-state index contributed by atoms with van der Waals surface area (Å²) in [5.74, 6) is 1.39. The van der Waals surface area contributed by atoms with Crippen LogP contribution in [0.1, 0.15) is 0 Å². The van der Waals surface area contributed by atoms with Crippen molar-refractivity contribution in [3.63, 3.8) is 0 Å². The Morgan fingerprint density at radius 1 is 1.40 bits per heavy atom. The summed E-state index contributed by atoms with van der Waals surface area (Å²) >= 11 is 1.32. The van der Waals surface area contributed by atoms with Gasteiger partial charge in [0.25, 0.3) is 0 Å². The first kappa shape index (κ1) is 5.55. The van der Waals surface area contributed by atoms with Gasteiger partial charge in [-0.15, -0.1) is 0 Å². The van der Waals surface area contributed by atoms with E-state index in [-0.39, 0.29) is 0 Å². The maximum atomic E-state index is 4.00. The molecule has 0 radical (unpaired) electrons. The molecule has 0 saturated carbocycles. The molecule has 1 N–H and O–H groups in total. The number of imidazole rings is 1. The summed E-state index contributed by atoms with van der Waals surface area (Å²) in [7, 11) is 0. The Hall–Kier alpha value is -1.23. The highest BCUT2D eigenvalue weighted by Crippen LogP contribution is 2.07. The van der Waals surface area contributed by atoms with Crippen molar-refractivity contribution in [3.05, 3.63) is 17.9 Å². The number of hydrogen-bond acceptors (Lipinski definition) is 4. The summed E-state index contributed by atoms with van der Waals surface area (Å²) in [6.07, 6.45) is 3.42. The quantitative estimate of drug-likeness (QED) is 0.661. The highest BCUT2D eigenvalue weighted by molar-refractivity contribution is 7.03. The van der Waals surface area contributed by atoms with E-state index in [0.29, 0.717) is 5.82 Å². The monoisotopic (exact) mass is 152 g/mol. The van der Waals surface area contributed by atoms with E-state index in [1.165, 1.54) is 11.5 Å². The van der Waals surface area contributed by atoms with Crippen molar-refractivity contribution >= 4 is 11.5 Å². The summed E-state index contributed by atoms with van der Waals surface area (Å²) in [5.41, 5.74) is 1.68. The Bertz CT molecular complexity index is 253. The molecule has 0 fully saturated rings. The van der Waals surface area contributed by atoms with Gasteiger partial charge in [0.1, 0.15) is 5.51 Å². The first-order valence-electron chi connectivity index (χ1n) is 2.73. The molecule has 0 unspecified atom stereocenters. The summed E-state index contributed by atoms with van der Waals surface area (Å²) in [5, 5.41) is 0. The fraction of sp³-hybridized carbons (Fsp3) is 0. The van der Waals surface area contributed by atoms with Crippen molar-refractivity contribution in [2.75, 3.05) is 0 Å². The van der Waals surface area contributed by atoms with Gasteiger partial charge in [-0.1, -0.05) is 0 Å². The van der Waals surface area contributed by atoms with E-state index < -0.39 is 0 Å². The Morgan fingerprint density at radius 2 is 2.40 bits per heavy atom. The van der Waals surface area contributed by atoms with Crippen LogP contribution >= 0.6 is 11.5 Å². The van der Waals surface area contributed by atoms with E-state index >= 15 is 0 Å². The molecule has 2 rings (SSSR count). The van der Waals surface area contributed by atoms with Gasteiger partial charge in [0.15, 0.2) is 5.82 Å². The molecular formula is C5H4N4S. The minimum atomic E-state index is 0.662. The molecule has 0 aliphatic heterocycles. The van der Waals surface area contributed by atoms with E-state index in [4.69, 9.17) is 0 Å². The predicted molar refractivity (Wildman–Crippen MR) is 37.5 cm³/mol. The lowest BCUT2D eigenvalue weighted by molar-refractivity contribution is 1.21. The van der Waals surface area contributed by atoms with E-state index in [2.05, 4.69) is 19.3 Å². The van der Waals surface area contributed by atoms with Crippen molar-refractivity contribution < 1.29 is 0 Å². The van der Waals surface area contributed by atoms with Gasteiger partial charge in [0.05, 0.1) is 0 Å². The SMILES string of the molecule is c1c[nH]c(-c2ncsn2)n1. The average molecular weight is 152 g/mol. The molecule has 0 bridgehead atoms. The summed E-state index contributed by atoms with van der Waals surface area (Å²) < 4.78 is 4.00. The molecule has 50 valence electrons. The van der Waals surface area contributed by atoms with E-state index in [1.54, 1.807) is 17.9 Å². The van der Waals surface area contributed by atoms with Crippen LogP contribution in [0.2, 0.25) is 0 Å². The van der Waals surface area contributed by atoms with Gasteiger partial charge in [-0.25, -0.2) is 9.97 Å². The van der Waals surface area contributed by atoms with Crippen molar-refractivity contribution in [2.24, 2.45) is 0 Å². The van der Waals surface area contributed by atoms with E-state index in [9.17, 15) is 0 Å². The lowest BCUT2D eigenvalue weighted by Gasteiger charge is -1.82. The van der Waals surface area contributed by atoms with Crippen LogP contribution < -0.4 is 0 Å². The van der Waals surface area contributed by atoms with Crippen molar-refractivity contribution in [2.45, 2.75) is 0 Å². The number of H-pyrrole nitrogens is 1. The van der Waals surface area contributed by atoms with Crippen LogP contribution in [-0.4, -0.2) is 19.3 Å². The second kappa shape index (κ2) is 2.18. The summed E-state index contributed by atoms with van der Waals surface area (Å²) in [6, 6.07) is 0. The molecule has 5 heteroatoms. The van der Waals surface area contributed by atoms with Crippen LogP contribution in [0, 0.1) is 0 Å². The fourth-order valence-electron chi connectivity index (χ4n) is 0.662. The molecule has 0 atom stereocenters. The van der Waals surface area contributed by atoms with Crippen LogP contribution in [0.5, 0.6) is 0 Å². The van der Waals surface area contributed by atoms with Crippen LogP contribution in [0.15, 0.2) is 17.9 Å². The van der Waals surface area contributed by atoms with Crippen molar-refractivity contribution in [3.8, 4) is 11.6 Å². The third-order valence-electron chi connectivity index (χ3n) is 1.07. The topological polar surface area (TPSA) is 54.5 Å². The average Bonchev–Trinajstić information content (AvgIpc) is 2.59. The number of rotatable bonds is 1. The summed E-state index contributed by atoms with van der Waals surface area (Å²) in [4.78, 5) is 10.9. The Kier molecular flexibility index (Phi) is 1.21. The highest BCUT2D eigenvalue weighted by atomic mass is 32.1. The molecule has 0 spiro atoms. The van der Waals surface area contributed by atoms with Gasteiger partial charge in [-0.3, -0.25) is 0 Å². The molecule has 0 amide bonds. The maximum absolute atomic E-state index is 4.00. The number of hydrogen-bond donors (Lipinski definition) is 1. The number of nitrogens with one attached hydrogen (secondary N) is 1. The van der Waals surface area contributed by atoms with Gasteiger partial charge < -0.3 is 4.98 Å². The third kappa shape index (κ3) is 0.801. The number of aromatic nitrogens is 4. The Morgan fingerprint density at radius 3 is 3.00 bits per heavy atom. The van der Waals surface area contributed by atoms with Crippen LogP contribution in [0.25, 0.3) is 11.6 Å². The predicted octanol–water partition coefficient (Wildman–Crippen LogP) is 0.928. The molecule has 0 aromatic carbocycles. The molecular weight excluding hydrogens is 148 g/mol. The van der Waals surface area contributed by atoms with Gasteiger partial charge in [-0.2, -0.15) is 4.37 Å². The molecule has 10 heavy (non-hydrogen) atoms. The molecule has 0 aliphatic carbocycles. The van der Waals surface area contributed by atoms with Crippen LogP contribution in [0.3, 0.4) is 0 Å². The number of aromatic amines is 1. The van der Waals surface area contributed by atoms with Gasteiger partial charge in [-0.05, 0) is 11.5 Å². The zero-order valence-corrected chi connectivity index (χ0v) is 5.80. The lowest BCUT2D eigenvalue weighted by Crippen LogP contribution is -1.80. The molecule has 2 heterocycles. The van der Waals surface area contributed by atoms with Crippen LogP contribution in [0.4, 0.5) is 0 Å². The first-order chi connectivity index (χ1) is 4.97. The minimum Gasteiger partial charge on any atom is -0.342 e. The molecule has 2 aromatic rings. The van der Waals surface area contributed by atoms with Gasteiger partial charge in [0, 0.05) is 12.4 Å². The van der Waals surface area contributed by atoms with Gasteiger partial charge >= 0.3 is 0 Å². The smallest absolute Gasteiger partial charge is 0.208 e. The van der Waals surface area contributed by atoms with Crippen molar-refractivity contribution in [1.82, 2.24) is 19.3 Å². The second-order valence-corrected chi connectivity index (χ2v) is 2.30. The maximum Gasteiger partial charge on any atom is 0.208 e. The first-order valence-corrected chi connectivity index (χ1v) is 3.56. The normalized spacial score (nSPS) is 10.0. The Balaban J connectivity index is 2.48. The third-order valence-corrected chi connectivity index (χ3v) is 1.55. The van der Waals surface area contributed by atoms with Crippen LogP contribution in [-0.2, 0) is 0 Å². The standard InChI is InChI=1S/C5H4N4S/c1-2-7-4(6-1)5-8-3-10-9-5/h1-3H,(H,6,7).